The summed E-state index contributed by atoms with van der Waals surface area (Å²) in [6.45, 7) is 0.481. The second-order valence-corrected chi connectivity index (χ2v) is 6.77. The van der Waals surface area contributed by atoms with Gasteiger partial charge in [-0.2, -0.15) is 0 Å². The maximum Gasteiger partial charge on any atom is 0.337 e. The van der Waals surface area contributed by atoms with Crippen LogP contribution in [0.1, 0.15) is 23.2 Å². The summed E-state index contributed by atoms with van der Waals surface area (Å²) in [6.07, 6.45) is 2.10. The summed E-state index contributed by atoms with van der Waals surface area (Å²) >= 11 is 0. The summed E-state index contributed by atoms with van der Waals surface area (Å²) in [4.78, 5) is 22.3. The predicted molar refractivity (Wildman–Crippen MR) is 71.2 cm³/mol. The monoisotopic (exact) mass is 297 g/mol. The van der Waals surface area contributed by atoms with Crippen LogP contribution in [0.2, 0.25) is 0 Å². The number of aromatic carboxylic acids is 1. The van der Waals surface area contributed by atoms with Gasteiger partial charge in [-0.25, -0.2) is 13.2 Å². The summed E-state index contributed by atoms with van der Waals surface area (Å²) in [5.41, 5.74) is -0.317. The fraction of sp³-hybridized carbons (Fsp3) is 0.385. The fourth-order valence-electron chi connectivity index (χ4n) is 1.80. The first kappa shape index (κ1) is 14.5. The van der Waals surface area contributed by atoms with Gasteiger partial charge in [-0.05, 0) is 30.9 Å². The van der Waals surface area contributed by atoms with Crippen molar-refractivity contribution in [3.63, 3.8) is 0 Å². The van der Waals surface area contributed by atoms with Crippen LogP contribution in [0.4, 0.5) is 0 Å². The Labute approximate surface area is 116 Å². The number of hydrogen-bond acceptors (Lipinski definition) is 4. The molecule has 0 unspecified atom stereocenters. The first-order valence-corrected chi connectivity index (χ1v) is 7.87. The van der Waals surface area contributed by atoms with Crippen molar-refractivity contribution < 1.29 is 23.1 Å². The molecule has 0 aromatic heterocycles. The van der Waals surface area contributed by atoms with Crippen molar-refractivity contribution in [1.29, 1.82) is 0 Å². The van der Waals surface area contributed by atoms with Crippen LogP contribution in [0, 0.1) is 5.92 Å². The van der Waals surface area contributed by atoms with Gasteiger partial charge in [0.2, 0.25) is 5.91 Å². The van der Waals surface area contributed by atoms with Crippen LogP contribution in [-0.2, 0) is 14.6 Å². The number of carbonyl (C=O) groups excluding carboxylic acids is 1. The summed E-state index contributed by atoms with van der Waals surface area (Å²) in [6, 6.07) is 5.28. The Morgan fingerprint density at radius 1 is 1.25 bits per heavy atom. The van der Waals surface area contributed by atoms with E-state index in [2.05, 4.69) is 5.32 Å². The van der Waals surface area contributed by atoms with E-state index < -0.39 is 27.5 Å². The molecule has 20 heavy (non-hydrogen) atoms. The zero-order chi connectivity index (χ0) is 14.8. The maximum absolute atomic E-state index is 12.1. The molecule has 1 aromatic rings. The van der Waals surface area contributed by atoms with Gasteiger partial charge in [0.15, 0.2) is 9.84 Å². The van der Waals surface area contributed by atoms with E-state index in [1.807, 2.05) is 0 Å². The van der Waals surface area contributed by atoms with Gasteiger partial charge >= 0.3 is 5.97 Å². The van der Waals surface area contributed by atoms with E-state index in [-0.39, 0.29) is 10.5 Å². The number of benzene rings is 1. The van der Waals surface area contributed by atoms with Crippen LogP contribution in [0.3, 0.4) is 0 Å². The van der Waals surface area contributed by atoms with Crippen molar-refractivity contribution >= 4 is 21.7 Å². The molecular weight excluding hydrogens is 282 g/mol. The van der Waals surface area contributed by atoms with Crippen LogP contribution in [0.5, 0.6) is 0 Å². The van der Waals surface area contributed by atoms with Crippen molar-refractivity contribution in [2.45, 2.75) is 17.7 Å². The molecule has 0 atom stereocenters. The summed E-state index contributed by atoms with van der Waals surface area (Å²) in [5.74, 6) is -2.21. The van der Waals surface area contributed by atoms with Gasteiger partial charge in [-0.1, -0.05) is 12.1 Å². The van der Waals surface area contributed by atoms with Crippen molar-refractivity contribution in [1.82, 2.24) is 5.32 Å². The van der Waals surface area contributed by atoms with Gasteiger partial charge < -0.3 is 10.4 Å². The summed E-state index contributed by atoms with van der Waals surface area (Å²) in [5, 5.41) is 11.5. The zero-order valence-electron chi connectivity index (χ0n) is 10.7. The lowest BCUT2D eigenvalue weighted by Gasteiger charge is -2.08. The van der Waals surface area contributed by atoms with Gasteiger partial charge in [0.25, 0.3) is 0 Å². The van der Waals surface area contributed by atoms with E-state index in [1.54, 1.807) is 0 Å². The molecule has 0 bridgehead atoms. The van der Waals surface area contributed by atoms with Gasteiger partial charge in [0.1, 0.15) is 5.75 Å². The molecule has 6 nitrogen and oxygen atoms in total. The van der Waals surface area contributed by atoms with E-state index >= 15 is 0 Å². The third kappa shape index (κ3) is 3.57. The molecule has 108 valence electrons. The van der Waals surface area contributed by atoms with E-state index in [4.69, 9.17) is 5.11 Å². The average molecular weight is 297 g/mol. The number of rotatable bonds is 6. The number of carbonyl (C=O) groups is 2. The number of hydrogen-bond donors (Lipinski definition) is 2. The molecule has 1 aromatic carbocycles. The van der Waals surface area contributed by atoms with Crippen molar-refractivity contribution in [2.24, 2.45) is 5.92 Å². The first-order chi connectivity index (χ1) is 9.40. The highest BCUT2D eigenvalue weighted by molar-refractivity contribution is 7.92. The molecule has 0 saturated heterocycles. The largest absolute Gasteiger partial charge is 0.478 e. The molecule has 1 fully saturated rings. The molecule has 2 rings (SSSR count). The third-order valence-corrected chi connectivity index (χ3v) is 4.73. The Balaban J connectivity index is 2.13. The Hall–Kier alpha value is -1.89. The first-order valence-electron chi connectivity index (χ1n) is 6.22. The molecule has 0 radical (unpaired) electrons. The van der Waals surface area contributed by atoms with Crippen molar-refractivity contribution in [3.8, 4) is 0 Å². The molecule has 0 spiro atoms. The lowest BCUT2D eigenvalue weighted by atomic mass is 10.2. The molecule has 7 heteroatoms. The fourth-order valence-corrected chi connectivity index (χ4v) is 3.18. The van der Waals surface area contributed by atoms with Crippen LogP contribution >= 0.6 is 0 Å². The highest BCUT2D eigenvalue weighted by Gasteiger charge is 2.26. The highest BCUT2D eigenvalue weighted by Crippen LogP contribution is 2.27. The molecule has 1 aliphatic rings. The number of carboxylic acid groups (broad SMARTS) is 1. The van der Waals surface area contributed by atoms with Crippen molar-refractivity contribution in [2.75, 3.05) is 12.3 Å². The van der Waals surface area contributed by atoms with Crippen LogP contribution in [-0.4, -0.2) is 37.7 Å². The molecule has 1 aliphatic carbocycles. The highest BCUT2D eigenvalue weighted by atomic mass is 32.2. The molecule has 2 N–H and O–H groups in total. The Bertz CT molecular complexity index is 634. The zero-order valence-corrected chi connectivity index (χ0v) is 11.5. The number of carboxylic acids is 1. The van der Waals surface area contributed by atoms with Crippen LogP contribution in [0.15, 0.2) is 29.2 Å². The van der Waals surface area contributed by atoms with Crippen LogP contribution < -0.4 is 5.32 Å². The number of nitrogens with one attached hydrogen (secondary N) is 1. The Morgan fingerprint density at radius 2 is 1.90 bits per heavy atom. The van der Waals surface area contributed by atoms with Crippen molar-refractivity contribution in [3.05, 3.63) is 29.8 Å². The summed E-state index contributed by atoms with van der Waals surface area (Å²) < 4.78 is 24.2. The second kappa shape index (κ2) is 5.62. The lowest BCUT2D eigenvalue weighted by molar-refractivity contribution is -0.118. The van der Waals surface area contributed by atoms with Gasteiger partial charge in [-0.3, -0.25) is 4.79 Å². The molecule has 1 saturated carbocycles. The Morgan fingerprint density at radius 3 is 2.50 bits per heavy atom. The lowest BCUT2D eigenvalue weighted by Crippen LogP contribution is -2.32. The normalized spacial score (nSPS) is 14.8. The molecule has 1 amide bonds. The molecule has 0 heterocycles. The number of amides is 1. The molecular formula is C13H15NO5S. The van der Waals surface area contributed by atoms with Crippen LogP contribution in [0.25, 0.3) is 0 Å². The average Bonchev–Trinajstić information content (AvgIpc) is 3.20. The van der Waals surface area contributed by atoms with E-state index in [0.717, 1.165) is 12.8 Å². The third-order valence-electron chi connectivity index (χ3n) is 3.06. The summed E-state index contributed by atoms with van der Waals surface area (Å²) in [7, 11) is -3.96. The van der Waals surface area contributed by atoms with Gasteiger partial charge in [-0.15, -0.1) is 0 Å². The Kier molecular flexibility index (Phi) is 4.08. The minimum atomic E-state index is -3.96. The standard InChI is InChI=1S/C13H15NO5S/c15-12(14-7-9-5-6-9)8-20(18,19)11-4-2-1-3-10(11)13(16)17/h1-4,9H,5-8H2,(H,14,15)(H,16,17). The topological polar surface area (TPSA) is 101 Å². The minimum absolute atomic E-state index is 0.317. The smallest absolute Gasteiger partial charge is 0.337 e. The van der Waals surface area contributed by atoms with E-state index in [1.165, 1.54) is 24.3 Å². The van der Waals surface area contributed by atoms with Gasteiger partial charge in [0, 0.05) is 6.54 Å². The maximum atomic E-state index is 12.1. The van der Waals surface area contributed by atoms with E-state index in [9.17, 15) is 18.0 Å². The predicted octanol–water partition coefficient (Wildman–Crippen LogP) is 0.685. The number of sulfone groups is 1. The SMILES string of the molecule is O=C(CS(=O)(=O)c1ccccc1C(=O)O)NCC1CC1. The molecule has 0 aliphatic heterocycles. The minimum Gasteiger partial charge on any atom is -0.478 e. The van der Waals surface area contributed by atoms with E-state index in [0.29, 0.717) is 12.5 Å². The second-order valence-electron chi connectivity index (χ2n) is 4.81. The van der Waals surface area contributed by atoms with Gasteiger partial charge in [0.05, 0.1) is 10.5 Å². The quantitative estimate of drug-likeness (QED) is 0.804.